The molecule has 0 unspecified atom stereocenters. The third kappa shape index (κ3) is 2.13. The van der Waals surface area contributed by atoms with Crippen LogP contribution in [0, 0.1) is 11.3 Å². The van der Waals surface area contributed by atoms with Gasteiger partial charge in [0.05, 0.1) is 19.2 Å². The third-order valence-electron chi connectivity index (χ3n) is 2.40. The second-order valence-electron chi connectivity index (χ2n) is 3.42. The summed E-state index contributed by atoms with van der Waals surface area (Å²) < 4.78 is 0. The fraction of sp³-hybridized carbons (Fsp3) is 0.273. The fourth-order valence-corrected chi connectivity index (χ4v) is 1.91. The zero-order valence-electron chi connectivity index (χ0n) is 8.76. The summed E-state index contributed by atoms with van der Waals surface area (Å²) in [6.45, 7) is 1.28. The van der Waals surface area contributed by atoms with Gasteiger partial charge in [0.1, 0.15) is 0 Å². The molecular formula is C11H12N4S. The van der Waals surface area contributed by atoms with Crippen LogP contribution in [-0.2, 0) is 0 Å². The number of nitriles is 1. The van der Waals surface area contributed by atoms with Crippen LogP contribution < -0.4 is 10.3 Å². The first-order valence-electron chi connectivity index (χ1n) is 5.07. The Morgan fingerprint density at radius 1 is 1.38 bits per heavy atom. The van der Waals surface area contributed by atoms with E-state index in [-0.39, 0.29) is 0 Å². The Hall–Kier alpha value is -1.64. The summed E-state index contributed by atoms with van der Waals surface area (Å²) in [6.07, 6.45) is 0.468. The molecule has 5 heteroatoms. The molecule has 0 saturated carbocycles. The topological polar surface area (TPSA) is 42.3 Å². The molecule has 1 N–H and O–H groups in total. The van der Waals surface area contributed by atoms with Gasteiger partial charge in [-0.25, -0.2) is 5.43 Å². The summed E-state index contributed by atoms with van der Waals surface area (Å²) in [4.78, 5) is 2.01. The van der Waals surface area contributed by atoms with Crippen LogP contribution in [0.3, 0.4) is 0 Å². The van der Waals surface area contributed by atoms with Gasteiger partial charge in [-0.15, -0.1) is 0 Å². The lowest BCUT2D eigenvalue weighted by Crippen LogP contribution is -2.35. The van der Waals surface area contributed by atoms with Crippen molar-refractivity contribution in [3.63, 3.8) is 0 Å². The molecule has 0 atom stereocenters. The first-order valence-corrected chi connectivity index (χ1v) is 5.48. The number of benzene rings is 1. The highest BCUT2D eigenvalue weighted by Gasteiger charge is 2.24. The maximum Gasteiger partial charge on any atom is 0.191 e. The van der Waals surface area contributed by atoms with E-state index in [0.29, 0.717) is 19.6 Å². The number of hydrogen-bond donors (Lipinski definition) is 1. The van der Waals surface area contributed by atoms with Crippen molar-refractivity contribution < 1.29 is 0 Å². The summed E-state index contributed by atoms with van der Waals surface area (Å²) in [5, 5.41) is 11.1. The molecule has 16 heavy (non-hydrogen) atoms. The molecule has 1 fully saturated rings. The standard InChI is InChI=1S/C11H12N4S/c12-7-4-8-15-11(16)14(9-13-15)10-5-2-1-3-6-10/h1-3,5-6,13H,4,8-9H2. The zero-order chi connectivity index (χ0) is 11.4. The Labute approximate surface area is 100 Å². The van der Waals surface area contributed by atoms with Crippen molar-refractivity contribution in [2.45, 2.75) is 6.42 Å². The van der Waals surface area contributed by atoms with Gasteiger partial charge in [0, 0.05) is 12.2 Å². The molecule has 0 aromatic heterocycles. The van der Waals surface area contributed by atoms with Crippen molar-refractivity contribution in [1.82, 2.24) is 10.4 Å². The first-order chi connectivity index (χ1) is 7.83. The molecule has 0 bridgehead atoms. The highest BCUT2D eigenvalue weighted by molar-refractivity contribution is 7.80. The van der Waals surface area contributed by atoms with E-state index < -0.39 is 0 Å². The van der Waals surface area contributed by atoms with E-state index in [2.05, 4.69) is 11.5 Å². The predicted molar refractivity (Wildman–Crippen MR) is 66.5 cm³/mol. The molecule has 4 nitrogen and oxygen atoms in total. The van der Waals surface area contributed by atoms with E-state index in [1.54, 1.807) is 0 Å². The van der Waals surface area contributed by atoms with Gasteiger partial charge < -0.3 is 4.90 Å². The summed E-state index contributed by atoms with van der Waals surface area (Å²) in [5.74, 6) is 0. The maximum absolute atomic E-state index is 8.53. The van der Waals surface area contributed by atoms with Crippen molar-refractivity contribution in [2.75, 3.05) is 18.1 Å². The minimum absolute atomic E-state index is 0.468. The quantitative estimate of drug-likeness (QED) is 0.799. The molecule has 1 aliphatic heterocycles. The van der Waals surface area contributed by atoms with Gasteiger partial charge in [-0.1, -0.05) is 18.2 Å². The summed E-state index contributed by atoms with van der Waals surface area (Å²) in [6, 6.07) is 12.1. The average Bonchev–Trinajstić information content (AvgIpc) is 2.69. The zero-order valence-corrected chi connectivity index (χ0v) is 9.57. The van der Waals surface area contributed by atoms with Crippen molar-refractivity contribution >= 4 is 23.0 Å². The Morgan fingerprint density at radius 3 is 2.81 bits per heavy atom. The second kappa shape index (κ2) is 4.92. The Balaban J connectivity index is 2.05. The highest BCUT2D eigenvalue weighted by Crippen LogP contribution is 2.17. The molecular weight excluding hydrogens is 220 g/mol. The summed E-state index contributed by atoms with van der Waals surface area (Å²) in [7, 11) is 0. The van der Waals surface area contributed by atoms with Crippen molar-refractivity contribution in [1.29, 1.82) is 5.26 Å². The number of nitrogens with one attached hydrogen (secondary N) is 1. The van der Waals surface area contributed by atoms with Gasteiger partial charge in [-0.2, -0.15) is 5.26 Å². The van der Waals surface area contributed by atoms with Gasteiger partial charge in [-0.3, -0.25) is 5.01 Å². The first kappa shape index (κ1) is 10.9. The minimum atomic E-state index is 0.468. The van der Waals surface area contributed by atoms with E-state index in [1.807, 2.05) is 40.2 Å². The van der Waals surface area contributed by atoms with Gasteiger partial charge in [-0.05, 0) is 24.4 Å². The van der Waals surface area contributed by atoms with Crippen molar-refractivity contribution in [2.24, 2.45) is 0 Å². The predicted octanol–water partition coefficient (Wildman–Crippen LogP) is 1.47. The minimum Gasteiger partial charge on any atom is -0.303 e. The molecule has 82 valence electrons. The number of anilines is 1. The van der Waals surface area contributed by atoms with Crippen LogP contribution in [0.5, 0.6) is 0 Å². The number of para-hydroxylation sites is 1. The lowest BCUT2D eigenvalue weighted by Gasteiger charge is -2.19. The number of thiocarbonyl (C=S) groups is 1. The van der Waals surface area contributed by atoms with Crippen LogP contribution in [0.25, 0.3) is 0 Å². The van der Waals surface area contributed by atoms with E-state index in [1.165, 1.54) is 0 Å². The van der Waals surface area contributed by atoms with E-state index >= 15 is 0 Å². The normalized spacial score (nSPS) is 15.3. The lowest BCUT2D eigenvalue weighted by molar-refractivity contribution is 0.360. The largest absolute Gasteiger partial charge is 0.303 e. The molecule has 0 aliphatic carbocycles. The molecule has 1 saturated heterocycles. The van der Waals surface area contributed by atoms with Crippen LogP contribution in [0.1, 0.15) is 6.42 Å². The van der Waals surface area contributed by atoms with Gasteiger partial charge in [0.15, 0.2) is 5.11 Å². The Morgan fingerprint density at radius 2 is 2.12 bits per heavy atom. The monoisotopic (exact) mass is 232 g/mol. The van der Waals surface area contributed by atoms with Gasteiger partial charge in [0.25, 0.3) is 0 Å². The third-order valence-corrected chi connectivity index (χ3v) is 2.84. The van der Waals surface area contributed by atoms with Crippen LogP contribution in [0.15, 0.2) is 30.3 Å². The Bertz CT molecular complexity index is 412. The molecule has 1 aromatic carbocycles. The SMILES string of the molecule is N#CCCN1NCN(c2ccccc2)C1=S. The Kier molecular flexibility index (Phi) is 3.34. The molecule has 0 amide bonds. The molecule has 0 spiro atoms. The van der Waals surface area contributed by atoms with E-state index in [0.717, 1.165) is 10.8 Å². The molecule has 0 radical (unpaired) electrons. The molecule has 1 aromatic rings. The number of hydrazine groups is 1. The van der Waals surface area contributed by atoms with Crippen LogP contribution in [-0.4, -0.2) is 23.3 Å². The van der Waals surface area contributed by atoms with Crippen LogP contribution >= 0.6 is 12.2 Å². The summed E-state index contributed by atoms with van der Waals surface area (Å²) in [5.41, 5.74) is 4.23. The molecule has 2 rings (SSSR count). The lowest BCUT2D eigenvalue weighted by atomic mass is 10.3. The highest BCUT2D eigenvalue weighted by atomic mass is 32.1. The van der Waals surface area contributed by atoms with Crippen LogP contribution in [0.4, 0.5) is 5.69 Å². The number of rotatable bonds is 3. The van der Waals surface area contributed by atoms with E-state index in [4.69, 9.17) is 17.5 Å². The smallest absolute Gasteiger partial charge is 0.191 e. The van der Waals surface area contributed by atoms with Crippen molar-refractivity contribution in [3.8, 4) is 6.07 Å². The maximum atomic E-state index is 8.53. The molecule has 1 aliphatic rings. The second-order valence-corrected chi connectivity index (χ2v) is 3.79. The van der Waals surface area contributed by atoms with Crippen molar-refractivity contribution in [3.05, 3.63) is 30.3 Å². The van der Waals surface area contributed by atoms with E-state index in [9.17, 15) is 0 Å². The van der Waals surface area contributed by atoms with Gasteiger partial charge >= 0.3 is 0 Å². The number of hydrogen-bond acceptors (Lipinski definition) is 3. The summed E-state index contributed by atoms with van der Waals surface area (Å²) >= 11 is 5.34. The van der Waals surface area contributed by atoms with Gasteiger partial charge in [0.2, 0.25) is 0 Å². The van der Waals surface area contributed by atoms with Crippen LogP contribution in [0.2, 0.25) is 0 Å². The fourth-order valence-electron chi connectivity index (χ4n) is 1.58. The number of nitrogens with zero attached hydrogens (tertiary/aromatic N) is 3. The average molecular weight is 232 g/mol. The molecule has 1 heterocycles.